The molecule has 1 aliphatic rings. The van der Waals surface area contributed by atoms with E-state index in [2.05, 4.69) is 37.1 Å². The molecule has 0 saturated carbocycles. The second kappa shape index (κ2) is 8.40. The molecule has 0 atom stereocenters. The normalized spacial score (nSPS) is 15.4. The Bertz CT molecular complexity index is 450. The zero-order valence-corrected chi connectivity index (χ0v) is 14.1. The third-order valence-corrected chi connectivity index (χ3v) is 3.94. The van der Waals surface area contributed by atoms with Gasteiger partial charge in [-0.15, -0.1) is 12.4 Å². The van der Waals surface area contributed by atoms with Crippen molar-refractivity contribution in [2.75, 3.05) is 19.6 Å². The number of carbonyl (C=O) groups excluding carboxylic acids is 1. The van der Waals surface area contributed by atoms with Crippen LogP contribution in [0.4, 0.5) is 0 Å². The zero-order chi connectivity index (χ0) is 14.5. The fourth-order valence-corrected chi connectivity index (χ4v) is 3.07. The summed E-state index contributed by atoms with van der Waals surface area (Å²) in [5, 5.41) is 3.37. The molecule has 0 unspecified atom stereocenters. The van der Waals surface area contributed by atoms with Crippen molar-refractivity contribution in [1.82, 2.24) is 10.2 Å². The first kappa shape index (κ1) is 18.0. The molecule has 0 aromatic heterocycles. The molecular formula is C17H27ClN2O. The summed E-state index contributed by atoms with van der Waals surface area (Å²) in [5.41, 5.74) is 3.17. The third-order valence-electron chi connectivity index (χ3n) is 3.94. The highest BCUT2D eigenvalue weighted by Gasteiger charge is 2.25. The van der Waals surface area contributed by atoms with Crippen LogP contribution in [-0.2, 0) is 0 Å². The van der Waals surface area contributed by atoms with Gasteiger partial charge in [0.05, 0.1) is 0 Å². The number of piperidine rings is 1. The van der Waals surface area contributed by atoms with Gasteiger partial charge in [0.2, 0.25) is 0 Å². The van der Waals surface area contributed by atoms with Crippen molar-refractivity contribution in [3.05, 3.63) is 34.9 Å². The average Bonchev–Trinajstić information content (AvgIpc) is 2.44. The number of nitrogens with zero attached hydrogens (tertiary/aromatic N) is 1. The minimum absolute atomic E-state index is 0. The van der Waals surface area contributed by atoms with Crippen molar-refractivity contribution < 1.29 is 4.79 Å². The minimum Gasteiger partial charge on any atom is -0.336 e. The quantitative estimate of drug-likeness (QED) is 0.925. The van der Waals surface area contributed by atoms with E-state index < -0.39 is 0 Å². The second-order valence-corrected chi connectivity index (χ2v) is 5.86. The van der Waals surface area contributed by atoms with E-state index in [0.29, 0.717) is 6.04 Å². The molecule has 1 aromatic carbocycles. The summed E-state index contributed by atoms with van der Waals surface area (Å²) < 4.78 is 0. The summed E-state index contributed by atoms with van der Waals surface area (Å²) in [4.78, 5) is 14.9. The van der Waals surface area contributed by atoms with E-state index in [1.807, 2.05) is 12.1 Å². The summed E-state index contributed by atoms with van der Waals surface area (Å²) >= 11 is 0. The van der Waals surface area contributed by atoms with Gasteiger partial charge in [-0.05, 0) is 58.3 Å². The van der Waals surface area contributed by atoms with Crippen molar-refractivity contribution in [3.8, 4) is 0 Å². The molecule has 21 heavy (non-hydrogen) atoms. The number of aryl methyl sites for hydroxylation is 2. The Kier molecular flexibility index (Phi) is 7.20. The molecule has 3 nitrogen and oxygen atoms in total. The largest absolute Gasteiger partial charge is 0.336 e. The van der Waals surface area contributed by atoms with Crippen LogP contribution in [0, 0.1) is 13.8 Å². The molecule has 0 aliphatic carbocycles. The first-order valence-electron chi connectivity index (χ1n) is 7.71. The number of halogens is 1. The Hall–Kier alpha value is -1.06. The van der Waals surface area contributed by atoms with Gasteiger partial charge in [-0.1, -0.05) is 24.1 Å². The molecule has 2 rings (SSSR count). The maximum absolute atomic E-state index is 12.8. The predicted octanol–water partition coefficient (Wildman–Crippen LogP) is 3.33. The monoisotopic (exact) mass is 310 g/mol. The number of rotatable bonds is 4. The lowest BCUT2D eigenvalue weighted by molar-refractivity contribution is 0.0642. The summed E-state index contributed by atoms with van der Waals surface area (Å²) in [7, 11) is 0. The van der Waals surface area contributed by atoms with E-state index in [1.54, 1.807) is 0 Å². The molecule has 1 N–H and O–H groups in total. The number of hydrogen-bond acceptors (Lipinski definition) is 2. The second-order valence-electron chi connectivity index (χ2n) is 5.86. The maximum atomic E-state index is 12.8. The van der Waals surface area contributed by atoms with E-state index in [1.165, 1.54) is 0 Å². The van der Waals surface area contributed by atoms with E-state index in [0.717, 1.165) is 55.6 Å². The van der Waals surface area contributed by atoms with E-state index in [4.69, 9.17) is 0 Å². The molecule has 0 spiro atoms. The Morgan fingerprint density at radius 1 is 1.19 bits per heavy atom. The van der Waals surface area contributed by atoms with Crippen LogP contribution in [-0.4, -0.2) is 36.5 Å². The average molecular weight is 311 g/mol. The van der Waals surface area contributed by atoms with Gasteiger partial charge < -0.3 is 10.2 Å². The number of hydrogen-bond donors (Lipinski definition) is 1. The topological polar surface area (TPSA) is 32.3 Å². The fourth-order valence-electron chi connectivity index (χ4n) is 3.07. The van der Waals surface area contributed by atoms with E-state index >= 15 is 0 Å². The predicted molar refractivity (Wildman–Crippen MR) is 90.4 cm³/mol. The van der Waals surface area contributed by atoms with Gasteiger partial charge in [0.1, 0.15) is 0 Å². The van der Waals surface area contributed by atoms with Crippen molar-refractivity contribution in [2.24, 2.45) is 0 Å². The Morgan fingerprint density at radius 3 is 2.29 bits per heavy atom. The highest BCUT2D eigenvalue weighted by molar-refractivity contribution is 5.94. The van der Waals surface area contributed by atoms with Gasteiger partial charge in [-0.2, -0.15) is 0 Å². The van der Waals surface area contributed by atoms with Crippen LogP contribution in [0.5, 0.6) is 0 Å². The number of benzene rings is 1. The van der Waals surface area contributed by atoms with Crippen LogP contribution in [0.25, 0.3) is 0 Å². The molecule has 1 aromatic rings. The van der Waals surface area contributed by atoms with E-state index in [9.17, 15) is 4.79 Å². The highest BCUT2D eigenvalue weighted by atomic mass is 35.5. The Morgan fingerprint density at radius 2 is 1.76 bits per heavy atom. The van der Waals surface area contributed by atoms with Gasteiger partial charge in [0.15, 0.2) is 0 Å². The van der Waals surface area contributed by atoms with Gasteiger partial charge in [-0.25, -0.2) is 0 Å². The van der Waals surface area contributed by atoms with Crippen molar-refractivity contribution >= 4 is 18.3 Å². The lowest BCUT2D eigenvalue weighted by Gasteiger charge is -2.34. The lowest BCUT2D eigenvalue weighted by atomic mass is 10.0. The van der Waals surface area contributed by atoms with Crippen LogP contribution in [0.1, 0.15) is 47.7 Å². The first-order valence-corrected chi connectivity index (χ1v) is 7.71. The molecule has 0 bridgehead atoms. The molecular weight excluding hydrogens is 284 g/mol. The Balaban J connectivity index is 0.00000220. The SMILES string of the molecule is CCCN(C(=O)c1cc(C)cc(C)c1)C1CCNCC1.Cl. The summed E-state index contributed by atoms with van der Waals surface area (Å²) in [6, 6.07) is 6.54. The van der Waals surface area contributed by atoms with Gasteiger partial charge in [0, 0.05) is 18.2 Å². The standard InChI is InChI=1S/C17H26N2O.ClH/c1-4-9-19(16-5-7-18-8-6-16)17(20)15-11-13(2)10-14(3)12-15;/h10-12,16,18H,4-9H2,1-3H3;1H. The molecule has 118 valence electrons. The molecule has 4 heteroatoms. The number of amides is 1. The summed E-state index contributed by atoms with van der Waals surface area (Å²) in [6.45, 7) is 9.15. The molecule has 1 heterocycles. The van der Waals surface area contributed by atoms with E-state index in [-0.39, 0.29) is 18.3 Å². The highest BCUT2D eigenvalue weighted by Crippen LogP contribution is 2.18. The smallest absolute Gasteiger partial charge is 0.254 e. The van der Waals surface area contributed by atoms with Gasteiger partial charge in [-0.3, -0.25) is 4.79 Å². The molecule has 1 saturated heterocycles. The zero-order valence-electron chi connectivity index (χ0n) is 13.3. The van der Waals surface area contributed by atoms with Gasteiger partial charge >= 0.3 is 0 Å². The first-order chi connectivity index (χ1) is 9.61. The van der Waals surface area contributed by atoms with Gasteiger partial charge in [0.25, 0.3) is 5.91 Å². The van der Waals surface area contributed by atoms with Crippen LogP contribution < -0.4 is 5.32 Å². The number of nitrogens with one attached hydrogen (secondary N) is 1. The van der Waals surface area contributed by atoms with Crippen molar-refractivity contribution in [1.29, 1.82) is 0 Å². The van der Waals surface area contributed by atoms with Crippen molar-refractivity contribution in [3.63, 3.8) is 0 Å². The lowest BCUT2D eigenvalue weighted by Crippen LogP contribution is -2.46. The van der Waals surface area contributed by atoms with Crippen LogP contribution in [0.15, 0.2) is 18.2 Å². The van der Waals surface area contributed by atoms with Crippen LogP contribution >= 0.6 is 12.4 Å². The molecule has 0 radical (unpaired) electrons. The molecule has 1 amide bonds. The Labute approximate surface area is 134 Å². The summed E-state index contributed by atoms with van der Waals surface area (Å²) in [5.74, 6) is 0.200. The van der Waals surface area contributed by atoms with Crippen LogP contribution in [0.3, 0.4) is 0 Å². The maximum Gasteiger partial charge on any atom is 0.254 e. The molecule has 1 fully saturated rings. The number of carbonyl (C=O) groups is 1. The fraction of sp³-hybridized carbons (Fsp3) is 0.588. The summed E-state index contributed by atoms with van der Waals surface area (Å²) in [6.07, 6.45) is 3.15. The minimum atomic E-state index is 0. The molecule has 1 aliphatic heterocycles. The van der Waals surface area contributed by atoms with Crippen LogP contribution in [0.2, 0.25) is 0 Å². The third kappa shape index (κ3) is 4.72. The van der Waals surface area contributed by atoms with Crippen molar-refractivity contribution in [2.45, 2.75) is 46.1 Å².